The SMILES string of the molecule is CCOC(=O)N1CCC(NC(=O)CN(C(C)=O)C(C)CC)CC1. The molecule has 0 aromatic carbocycles. The maximum absolute atomic E-state index is 12.2. The van der Waals surface area contributed by atoms with Gasteiger partial charge in [-0.2, -0.15) is 0 Å². The fourth-order valence-corrected chi connectivity index (χ4v) is 2.65. The van der Waals surface area contributed by atoms with E-state index in [0.29, 0.717) is 32.5 Å². The Bertz CT molecular complexity index is 420. The monoisotopic (exact) mass is 327 g/mol. The Labute approximate surface area is 138 Å². The number of hydrogen-bond acceptors (Lipinski definition) is 4. The molecule has 1 saturated heterocycles. The van der Waals surface area contributed by atoms with Crippen molar-refractivity contribution in [3.63, 3.8) is 0 Å². The number of piperidine rings is 1. The van der Waals surface area contributed by atoms with Crippen LogP contribution in [0.25, 0.3) is 0 Å². The van der Waals surface area contributed by atoms with Crippen LogP contribution in [0.4, 0.5) is 4.79 Å². The highest BCUT2D eigenvalue weighted by molar-refractivity contribution is 5.84. The molecule has 0 radical (unpaired) electrons. The number of nitrogens with one attached hydrogen (secondary N) is 1. The van der Waals surface area contributed by atoms with Crippen molar-refractivity contribution in [1.29, 1.82) is 0 Å². The van der Waals surface area contributed by atoms with Crippen LogP contribution < -0.4 is 5.32 Å². The van der Waals surface area contributed by atoms with Gasteiger partial charge in [0.2, 0.25) is 11.8 Å². The lowest BCUT2D eigenvalue weighted by atomic mass is 10.1. The summed E-state index contributed by atoms with van der Waals surface area (Å²) in [6.07, 6.45) is 1.92. The summed E-state index contributed by atoms with van der Waals surface area (Å²) in [6, 6.07) is 0.0860. The third-order valence-corrected chi connectivity index (χ3v) is 4.23. The zero-order valence-electron chi connectivity index (χ0n) is 14.6. The first kappa shape index (κ1) is 19.3. The van der Waals surface area contributed by atoms with Gasteiger partial charge in [-0.05, 0) is 33.1 Å². The molecule has 1 atom stereocenters. The van der Waals surface area contributed by atoms with Crippen LogP contribution in [0.1, 0.15) is 47.0 Å². The van der Waals surface area contributed by atoms with Gasteiger partial charge in [-0.3, -0.25) is 9.59 Å². The highest BCUT2D eigenvalue weighted by Gasteiger charge is 2.26. The Hall–Kier alpha value is -1.79. The lowest BCUT2D eigenvalue weighted by Gasteiger charge is -2.32. The van der Waals surface area contributed by atoms with E-state index >= 15 is 0 Å². The minimum Gasteiger partial charge on any atom is -0.450 e. The molecule has 0 aromatic heterocycles. The first-order valence-electron chi connectivity index (χ1n) is 8.37. The molecule has 1 rings (SSSR count). The van der Waals surface area contributed by atoms with E-state index in [1.165, 1.54) is 6.92 Å². The summed E-state index contributed by atoms with van der Waals surface area (Å²) in [7, 11) is 0. The number of nitrogens with zero attached hydrogens (tertiary/aromatic N) is 2. The second-order valence-electron chi connectivity index (χ2n) is 5.93. The molecule has 1 aliphatic rings. The third-order valence-electron chi connectivity index (χ3n) is 4.23. The van der Waals surface area contributed by atoms with Crippen LogP contribution in [-0.4, -0.2) is 66.0 Å². The van der Waals surface area contributed by atoms with E-state index in [9.17, 15) is 14.4 Å². The molecule has 1 unspecified atom stereocenters. The lowest BCUT2D eigenvalue weighted by Crippen LogP contribution is -2.50. The van der Waals surface area contributed by atoms with E-state index in [2.05, 4.69) is 5.32 Å². The molecule has 1 fully saturated rings. The smallest absolute Gasteiger partial charge is 0.409 e. The normalized spacial score (nSPS) is 16.6. The summed E-state index contributed by atoms with van der Waals surface area (Å²) >= 11 is 0. The van der Waals surface area contributed by atoms with E-state index in [-0.39, 0.29) is 36.5 Å². The standard InChI is InChI=1S/C16H29N3O4/c1-5-12(3)19(13(4)20)11-15(21)17-14-7-9-18(10-8-14)16(22)23-6-2/h12,14H,5-11H2,1-4H3,(H,17,21). The molecule has 0 bridgehead atoms. The molecule has 1 aliphatic heterocycles. The zero-order valence-corrected chi connectivity index (χ0v) is 14.6. The first-order chi connectivity index (χ1) is 10.9. The van der Waals surface area contributed by atoms with Crippen molar-refractivity contribution >= 4 is 17.9 Å². The molecule has 0 spiro atoms. The Morgan fingerprint density at radius 3 is 2.35 bits per heavy atom. The quantitative estimate of drug-likeness (QED) is 0.799. The number of rotatable bonds is 6. The first-order valence-corrected chi connectivity index (χ1v) is 8.37. The average molecular weight is 327 g/mol. The van der Waals surface area contributed by atoms with Gasteiger partial charge in [0, 0.05) is 32.1 Å². The highest BCUT2D eigenvalue weighted by atomic mass is 16.6. The van der Waals surface area contributed by atoms with Gasteiger partial charge < -0.3 is 19.9 Å². The molecule has 7 nitrogen and oxygen atoms in total. The summed E-state index contributed by atoms with van der Waals surface area (Å²) < 4.78 is 4.97. The molecule has 132 valence electrons. The largest absolute Gasteiger partial charge is 0.450 e. The molecular weight excluding hydrogens is 298 g/mol. The van der Waals surface area contributed by atoms with E-state index in [4.69, 9.17) is 4.74 Å². The van der Waals surface area contributed by atoms with Crippen LogP contribution in [0.2, 0.25) is 0 Å². The van der Waals surface area contributed by atoms with E-state index in [1.807, 2.05) is 13.8 Å². The third kappa shape index (κ3) is 6.08. The Kier molecular flexibility index (Phi) is 7.85. The number of carbonyl (C=O) groups excluding carboxylic acids is 3. The van der Waals surface area contributed by atoms with Crippen LogP contribution >= 0.6 is 0 Å². The van der Waals surface area contributed by atoms with Gasteiger partial charge in [-0.25, -0.2) is 4.79 Å². The van der Waals surface area contributed by atoms with Crippen molar-refractivity contribution < 1.29 is 19.1 Å². The van der Waals surface area contributed by atoms with Crippen molar-refractivity contribution in [3.8, 4) is 0 Å². The Balaban J connectivity index is 2.41. The molecular formula is C16H29N3O4. The molecule has 23 heavy (non-hydrogen) atoms. The number of hydrogen-bond donors (Lipinski definition) is 1. The summed E-state index contributed by atoms with van der Waals surface area (Å²) in [4.78, 5) is 38.7. The van der Waals surface area contributed by atoms with Gasteiger partial charge in [0.1, 0.15) is 0 Å². The van der Waals surface area contributed by atoms with Crippen LogP contribution in [0, 0.1) is 0 Å². The van der Waals surface area contributed by atoms with E-state index < -0.39 is 0 Å². The van der Waals surface area contributed by atoms with E-state index in [0.717, 1.165) is 6.42 Å². The lowest BCUT2D eigenvalue weighted by molar-refractivity contribution is -0.136. The maximum atomic E-state index is 12.2. The van der Waals surface area contributed by atoms with Crippen LogP contribution in [0.5, 0.6) is 0 Å². The fraction of sp³-hybridized carbons (Fsp3) is 0.812. The van der Waals surface area contributed by atoms with Gasteiger partial charge >= 0.3 is 6.09 Å². The molecule has 0 aliphatic carbocycles. The minimum atomic E-state index is -0.295. The second-order valence-corrected chi connectivity index (χ2v) is 5.93. The van der Waals surface area contributed by atoms with Crippen molar-refractivity contribution in [3.05, 3.63) is 0 Å². The van der Waals surface area contributed by atoms with Gasteiger partial charge in [0.05, 0.1) is 13.2 Å². The van der Waals surface area contributed by atoms with Gasteiger partial charge in [0.15, 0.2) is 0 Å². The van der Waals surface area contributed by atoms with E-state index in [1.54, 1.807) is 16.7 Å². The zero-order chi connectivity index (χ0) is 17.4. The minimum absolute atomic E-state index is 0.0407. The molecule has 3 amide bonds. The highest BCUT2D eigenvalue weighted by Crippen LogP contribution is 2.12. The molecule has 7 heteroatoms. The molecule has 1 N–H and O–H groups in total. The predicted octanol–water partition coefficient (Wildman–Crippen LogP) is 1.37. The van der Waals surface area contributed by atoms with Crippen LogP contribution in [0.3, 0.4) is 0 Å². The van der Waals surface area contributed by atoms with Crippen molar-refractivity contribution in [2.75, 3.05) is 26.2 Å². The van der Waals surface area contributed by atoms with Crippen molar-refractivity contribution in [2.24, 2.45) is 0 Å². The molecule has 1 heterocycles. The maximum Gasteiger partial charge on any atom is 0.409 e. The van der Waals surface area contributed by atoms with Crippen LogP contribution in [0.15, 0.2) is 0 Å². The molecule has 0 aromatic rings. The number of likely N-dealkylation sites (tertiary alicyclic amines) is 1. The van der Waals surface area contributed by atoms with Gasteiger partial charge in [-0.15, -0.1) is 0 Å². The van der Waals surface area contributed by atoms with Crippen LogP contribution in [-0.2, 0) is 14.3 Å². The summed E-state index contributed by atoms with van der Waals surface area (Å²) in [6.45, 7) is 8.79. The van der Waals surface area contributed by atoms with Gasteiger partial charge in [0.25, 0.3) is 0 Å². The second kappa shape index (κ2) is 9.37. The van der Waals surface area contributed by atoms with Crippen molar-refractivity contribution in [2.45, 2.75) is 59.0 Å². The fourth-order valence-electron chi connectivity index (χ4n) is 2.65. The average Bonchev–Trinajstić information content (AvgIpc) is 2.52. The summed E-state index contributed by atoms with van der Waals surface area (Å²) in [5.41, 5.74) is 0. The number of carbonyl (C=O) groups is 3. The summed E-state index contributed by atoms with van der Waals surface area (Å²) in [5, 5.41) is 2.96. The number of ether oxygens (including phenoxy) is 1. The van der Waals surface area contributed by atoms with Crippen molar-refractivity contribution in [1.82, 2.24) is 15.1 Å². The topological polar surface area (TPSA) is 79.0 Å². The summed E-state index contributed by atoms with van der Waals surface area (Å²) in [5.74, 6) is -0.235. The number of amides is 3. The predicted molar refractivity (Wildman–Crippen MR) is 86.9 cm³/mol. The Morgan fingerprint density at radius 2 is 1.87 bits per heavy atom. The Morgan fingerprint density at radius 1 is 1.26 bits per heavy atom. The van der Waals surface area contributed by atoms with Gasteiger partial charge in [-0.1, -0.05) is 6.92 Å². The molecule has 0 saturated carbocycles.